The van der Waals surface area contributed by atoms with Gasteiger partial charge in [-0.15, -0.1) is 0 Å². The van der Waals surface area contributed by atoms with Gasteiger partial charge < -0.3 is 15.1 Å². The van der Waals surface area contributed by atoms with E-state index in [0.29, 0.717) is 5.92 Å². The van der Waals surface area contributed by atoms with Gasteiger partial charge in [0.2, 0.25) is 5.95 Å². The molecule has 2 N–H and O–H groups in total. The molecule has 0 spiro atoms. The van der Waals surface area contributed by atoms with Gasteiger partial charge in [-0.3, -0.25) is 4.79 Å². The summed E-state index contributed by atoms with van der Waals surface area (Å²) in [4.78, 5) is 25.0. The van der Waals surface area contributed by atoms with E-state index in [2.05, 4.69) is 40.1 Å². The predicted octanol–water partition coefficient (Wildman–Crippen LogP) is 1.72. The minimum atomic E-state index is -0.0890. The number of rotatable bonds is 6. The van der Waals surface area contributed by atoms with E-state index in [1.54, 1.807) is 12.4 Å². The molecule has 0 aliphatic carbocycles. The van der Waals surface area contributed by atoms with Crippen LogP contribution >= 0.6 is 0 Å². The Morgan fingerprint density at radius 2 is 1.81 bits per heavy atom. The van der Waals surface area contributed by atoms with Crippen LogP contribution in [0.3, 0.4) is 0 Å². The first-order valence-electron chi connectivity index (χ1n) is 9.86. The maximum atomic E-state index is 12.9. The SMILES string of the molecule is CC[C@H](C)c1ccccc1NC(=O)[C@H](C)[NH+]1CCN(c2ncccn2)CC1. The van der Waals surface area contributed by atoms with Gasteiger partial charge in [0.05, 0.1) is 26.2 Å². The van der Waals surface area contributed by atoms with Gasteiger partial charge >= 0.3 is 0 Å². The van der Waals surface area contributed by atoms with Crippen molar-refractivity contribution in [1.29, 1.82) is 0 Å². The van der Waals surface area contributed by atoms with E-state index < -0.39 is 0 Å². The van der Waals surface area contributed by atoms with Crippen LogP contribution in [0, 0.1) is 0 Å². The molecule has 0 unspecified atom stereocenters. The number of carbonyl (C=O) groups is 1. The zero-order valence-electron chi connectivity index (χ0n) is 16.5. The molecule has 1 amide bonds. The molecule has 1 aliphatic rings. The highest BCUT2D eigenvalue weighted by molar-refractivity contribution is 5.94. The van der Waals surface area contributed by atoms with Crippen LogP contribution in [0.5, 0.6) is 0 Å². The summed E-state index contributed by atoms with van der Waals surface area (Å²) in [6, 6.07) is 9.88. The number of piperazine rings is 1. The van der Waals surface area contributed by atoms with E-state index >= 15 is 0 Å². The summed E-state index contributed by atoms with van der Waals surface area (Å²) < 4.78 is 0. The van der Waals surface area contributed by atoms with Gasteiger partial charge in [0.1, 0.15) is 0 Å². The second-order valence-electron chi connectivity index (χ2n) is 7.30. The molecule has 1 aliphatic heterocycles. The zero-order chi connectivity index (χ0) is 19.2. The van der Waals surface area contributed by atoms with Crippen LogP contribution in [0.25, 0.3) is 0 Å². The van der Waals surface area contributed by atoms with Gasteiger partial charge in [-0.2, -0.15) is 0 Å². The number of benzene rings is 1. The number of anilines is 2. The number of quaternary nitrogens is 1. The third kappa shape index (κ3) is 4.63. The van der Waals surface area contributed by atoms with Crippen LogP contribution < -0.4 is 15.1 Å². The molecule has 1 aromatic carbocycles. The highest BCUT2D eigenvalue weighted by atomic mass is 16.2. The Morgan fingerprint density at radius 3 is 2.48 bits per heavy atom. The molecule has 6 heteroatoms. The standard InChI is InChI=1S/C21H29N5O/c1-4-16(2)18-8-5-6-9-19(18)24-20(27)17(3)25-12-14-26(15-13-25)21-22-10-7-11-23-21/h5-11,16-17H,4,12-15H2,1-3H3,(H,24,27)/p+1/t16-,17-/m0/s1. The number of amides is 1. The number of aromatic nitrogens is 2. The van der Waals surface area contributed by atoms with Gasteiger partial charge in [-0.25, -0.2) is 9.97 Å². The normalized spacial score (nSPS) is 17.4. The predicted molar refractivity (Wildman–Crippen MR) is 108 cm³/mol. The molecule has 27 heavy (non-hydrogen) atoms. The lowest BCUT2D eigenvalue weighted by atomic mass is 9.97. The topological polar surface area (TPSA) is 62.6 Å². The number of nitrogens with zero attached hydrogens (tertiary/aromatic N) is 3. The second kappa shape index (κ2) is 8.95. The number of carbonyl (C=O) groups excluding carboxylic acids is 1. The lowest BCUT2D eigenvalue weighted by Crippen LogP contribution is -3.19. The first kappa shape index (κ1) is 19.3. The highest BCUT2D eigenvalue weighted by Crippen LogP contribution is 2.26. The lowest BCUT2D eigenvalue weighted by molar-refractivity contribution is -0.914. The lowest BCUT2D eigenvalue weighted by Gasteiger charge is -2.34. The van der Waals surface area contributed by atoms with Crippen molar-refractivity contribution in [2.45, 2.75) is 39.2 Å². The van der Waals surface area contributed by atoms with Gasteiger partial charge in [-0.1, -0.05) is 32.0 Å². The molecule has 0 radical (unpaired) electrons. The summed E-state index contributed by atoms with van der Waals surface area (Å²) in [5.74, 6) is 1.29. The molecule has 0 bridgehead atoms. The fourth-order valence-corrected chi connectivity index (χ4v) is 3.57. The third-order valence-electron chi connectivity index (χ3n) is 5.61. The molecule has 1 aromatic heterocycles. The largest absolute Gasteiger partial charge is 0.330 e. The number of nitrogens with one attached hydrogen (secondary N) is 2. The van der Waals surface area contributed by atoms with Crippen LogP contribution in [0.4, 0.5) is 11.6 Å². The van der Waals surface area contributed by atoms with Crippen molar-refractivity contribution in [2.24, 2.45) is 0 Å². The summed E-state index contributed by atoms with van der Waals surface area (Å²) in [5.41, 5.74) is 2.15. The van der Waals surface area contributed by atoms with E-state index in [9.17, 15) is 4.79 Å². The minimum Gasteiger partial charge on any atom is -0.330 e. The Hall–Kier alpha value is -2.47. The Labute approximate surface area is 161 Å². The Bertz CT molecular complexity index is 743. The molecule has 2 heterocycles. The van der Waals surface area contributed by atoms with Crippen molar-refractivity contribution in [1.82, 2.24) is 9.97 Å². The van der Waals surface area contributed by atoms with Crippen LogP contribution in [0.1, 0.15) is 38.7 Å². The molecular weight excluding hydrogens is 338 g/mol. The Kier molecular flexibility index (Phi) is 6.40. The fraction of sp³-hybridized carbons (Fsp3) is 0.476. The third-order valence-corrected chi connectivity index (χ3v) is 5.61. The monoisotopic (exact) mass is 368 g/mol. The van der Waals surface area contributed by atoms with E-state index in [1.165, 1.54) is 10.5 Å². The smallest absolute Gasteiger partial charge is 0.282 e. The van der Waals surface area contributed by atoms with Crippen molar-refractivity contribution >= 4 is 17.5 Å². The average molecular weight is 369 g/mol. The van der Waals surface area contributed by atoms with E-state index in [0.717, 1.165) is 44.2 Å². The number of para-hydroxylation sites is 1. The molecular formula is C21H30N5O+. The average Bonchev–Trinajstić information content (AvgIpc) is 2.73. The molecule has 1 saturated heterocycles. The van der Waals surface area contributed by atoms with Crippen molar-refractivity contribution < 1.29 is 9.69 Å². The zero-order valence-corrected chi connectivity index (χ0v) is 16.5. The molecule has 1 fully saturated rings. The van der Waals surface area contributed by atoms with Gasteiger partial charge in [0.25, 0.3) is 5.91 Å². The molecule has 6 nitrogen and oxygen atoms in total. The number of hydrogen-bond acceptors (Lipinski definition) is 4. The van der Waals surface area contributed by atoms with E-state index in [1.807, 2.05) is 31.2 Å². The second-order valence-corrected chi connectivity index (χ2v) is 7.30. The molecule has 144 valence electrons. The van der Waals surface area contributed by atoms with Crippen molar-refractivity contribution in [2.75, 3.05) is 36.4 Å². The van der Waals surface area contributed by atoms with Crippen LogP contribution in [0.15, 0.2) is 42.7 Å². The molecule has 2 atom stereocenters. The number of hydrogen-bond donors (Lipinski definition) is 2. The molecule has 3 rings (SSSR count). The van der Waals surface area contributed by atoms with E-state index in [4.69, 9.17) is 0 Å². The van der Waals surface area contributed by atoms with Crippen molar-refractivity contribution in [3.63, 3.8) is 0 Å². The van der Waals surface area contributed by atoms with Crippen LogP contribution in [0.2, 0.25) is 0 Å². The van der Waals surface area contributed by atoms with Crippen LogP contribution in [-0.2, 0) is 4.79 Å². The van der Waals surface area contributed by atoms with E-state index in [-0.39, 0.29) is 11.9 Å². The maximum Gasteiger partial charge on any atom is 0.282 e. The van der Waals surface area contributed by atoms with Gasteiger partial charge in [0.15, 0.2) is 6.04 Å². The fourth-order valence-electron chi connectivity index (χ4n) is 3.57. The molecule has 0 saturated carbocycles. The summed E-state index contributed by atoms with van der Waals surface area (Å²) in [5, 5.41) is 3.17. The maximum absolute atomic E-state index is 12.9. The van der Waals surface area contributed by atoms with Crippen molar-refractivity contribution in [3.8, 4) is 0 Å². The summed E-state index contributed by atoms with van der Waals surface area (Å²) in [7, 11) is 0. The first-order valence-corrected chi connectivity index (χ1v) is 9.86. The summed E-state index contributed by atoms with van der Waals surface area (Å²) in [6.45, 7) is 9.92. The van der Waals surface area contributed by atoms with Gasteiger partial charge in [-0.05, 0) is 37.0 Å². The van der Waals surface area contributed by atoms with Gasteiger partial charge in [0, 0.05) is 18.1 Å². The summed E-state index contributed by atoms with van der Waals surface area (Å²) >= 11 is 0. The molecule has 2 aromatic rings. The van der Waals surface area contributed by atoms with Crippen LogP contribution in [-0.4, -0.2) is 48.1 Å². The first-order chi connectivity index (χ1) is 13.1. The summed E-state index contributed by atoms with van der Waals surface area (Å²) in [6.07, 6.45) is 4.59. The van der Waals surface area contributed by atoms with Crippen molar-refractivity contribution in [3.05, 3.63) is 48.3 Å². The Morgan fingerprint density at radius 1 is 1.15 bits per heavy atom. The Balaban J connectivity index is 1.59. The highest BCUT2D eigenvalue weighted by Gasteiger charge is 2.30. The quantitative estimate of drug-likeness (QED) is 0.815. The minimum absolute atomic E-state index is 0.0881.